The summed E-state index contributed by atoms with van der Waals surface area (Å²) in [7, 11) is 0. The van der Waals surface area contributed by atoms with Crippen LogP contribution in [0.4, 0.5) is 13.2 Å². The Bertz CT molecular complexity index is 746. The van der Waals surface area contributed by atoms with Crippen LogP contribution < -0.4 is 10.5 Å². The number of hydrogen-bond donors (Lipinski definition) is 1. The Morgan fingerprint density at radius 1 is 1.00 bits per heavy atom. The Hall–Kier alpha value is -2.27. The van der Waals surface area contributed by atoms with Gasteiger partial charge in [-0.2, -0.15) is 0 Å². The van der Waals surface area contributed by atoms with Crippen LogP contribution in [0.2, 0.25) is 0 Å². The number of hydrogen-bond acceptors (Lipinski definition) is 2. The van der Waals surface area contributed by atoms with Crippen LogP contribution in [0.1, 0.15) is 24.3 Å². The average molecular weight is 333 g/mol. The van der Waals surface area contributed by atoms with Crippen LogP contribution in [0.25, 0.3) is 0 Å². The number of nitrogens with two attached hydrogens (primary N) is 1. The van der Waals surface area contributed by atoms with Crippen molar-refractivity contribution in [2.45, 2.75) is 24.8 Å². The van der Waals surface area contributed by atoms with E-state index >= 15 is 0 Å². The summed E-state index contributed by atoms with van der Waals surface area (Å²) in [5.41, 5.74) is 7.29. The van der Waals surface area contributed by atoms with Crippen molar-refractivity contribution in [3.8, 4) is 5.75 Å². The maximum absolute atomic E-state index is 13.9. The molecule has 24 heavy (non-hydrogen) atoms. The van der Waals surface area contributed by atoms with Gasteiger partial charge in [0.2, 0.25) is 0 Å². The molecule has 2 nitrogen and oxygen atoms in total. The monoisotopic (exact) mass is 333 g/mol. The summed E-state index contributed by atoms with van der Waals surface area (Å²) >= 11 is 0. The fourth-order valence-corrected chi connectivity index (χ4v) is 2.99. The molecule has 0 radical (unpaired) electrons. The molecule has 1 aliphatic carbocycles. The average Bonchev–Trinajstić information content (AvgIpc) is 2.58. The molecule has 0 unspecified atom stereocenters. The molecule has 1 aliphatic rings. The highest BCUT2D eigenvalue weighted by atomic mass is 19.2. The Morgan fingerprint density at radius 3 is 2.42 bits per heavy atom. The van der Waals surface area contributed by atoms with E-state index in [1.165, 1.54) is 0 Å². The molecule has 2 aromatic rings. The zero-order valence-corrected chi connectivity index (χ0v) is 13.0. The van der Waals surface area contributed by atoms with E-state index in [0.29, 0.717) is 25.5 Å². The molecule has 2 aromatic carbocycles. The highest BCUT2D eigenvalue weighted by molar-refractivity contribution is 5.29. The lowest BCUT2D eigenvalue weighted by Gasteiger charge is -2.29. The lowest BCUT2D eigenvalue weighted by atomic mass is 9.81. The zero-order valence-electron chi connectivity index (χ0n) is 13.0. The molecule has 126 valence electrons. The first-order valence-corrected chi connectivity index (χ1v) is 7.80. The van der Waals surface area contributed by atoms with Crippen LogP contribution in [-0.4, -0.2) is 12.6 Å². The van der Waals surface area contributed by atoms with Crippen LogP contribution in [0, 0.1) is 17.5 Å². The van der Waals surface area contributed by atoms with Crippen LogP contribution in [0.3, 0.4) is 0 Å². The Morgan fingerprint density at radius 2 is 1.71 bits per heavy atom. The van der Waals surface area contributed by atoms with Gasteiger partial charge in [0.05, 0.1) is 0 Å². The number of para-hydroxylation sites is 1. The van der Waals surface area contributed by atoms with Crippen LogP contribution in [-0.2, 0) is 0 Å². The maximum Gasteiger partial charge on any atom is 0.161 e. The van der Waals surface area contributed by atoms with Gasteiger partial charge < -0.3 is 10.5 Å². The largest absolute Gasteiger partial charge is 0.489 e. The molecule has 0 bridgehead atoms. The molecule has 5 heteroatoms. The van der Waals surface area contributed by atoms with Gasteiger partial charge >= 0.3 is 0 Å². The van der Waals surface area contributed by atoms with Crippen LogP contribution in [0.5, 0.6) is 5.75 Å². The second-order valence-corrected chi connectivity index (χ2v) is 5.96. The Labute approximate surface area is 138 Å². The smallest absolute Gasteiger partial charge is 0.161 e. The quantitative estimate of drug-likeness (QED) is 0.668. The molecule has 0 aromatic heterocycles. The van der Waals surface area contributed by atoms with Gasteiger partial charge in [-0.15, -0.1) is 0 Å². The van der Waals surface area contributed by atoms with Gasteiger partial charge in [0.25, 0.3) is 0 Å². The van der Waals surface area contributed by atoms with Crippen molar-refractivity contribution in [1.82, 2.24) is 0 Å². The molecule has 2 N–H and O–H groups in total. The van der Waals surface area contributed by atoms with Crippen molar-refractivity contribution in [1.29, 1.82) is 0 Å². The summed E-state index contributed by atoms with van der Waals surface area (Å²) < 4.78 is 46.1. The molecular formula is C19H18F3NO. The predicted octanol–water partition coefficient (Wildman–Crippen LogP) is 4.31. The normalized spacial score (nSPS) is 20.6. The highest BCUT2D eigenvalue weighted by Crippen LogP contribution is 2.34. The zero-order chi connectivity index (χ0) is 17.1. The molecule has 3 rings (SSSR count). The van der Waals surface area contributed by atoms with E-state index in [1.54, 1.807) is 0 Å². The van der Waals surface area contributed by atoms with Gasteiger partial charge in [0.1, 0.15) is 18.2 Å². The second kappa shape index (κ2) is 7.09. The van der Waals surface area contributed by atoms with E-state index in [4.69, 9.17) is 10.5 Å². The van der Waals surface area contributed by atoms with Gasteiger partial charge in [-0.3, -0.25) is 0 Å². The summed E-state index contributed by atoms with van der Waals surface area (Å²) in [5, 5.41) is 0. The van der Waals surface area contributed by atoms with Crippen molar-refractivity contribution < 1.29 is 17.9 Å². The summed E-state index contributed by atoms with van der Waals surface area (Å²) in [6.07, 6.45) is 2.93. The topological polar surface area (TPSA) is 35.2 Å². The number of ether oxygens (including phenoxy) is 1. The molecule has 0 fully saturated rings. The van der Waals surface area contributed by atoms with E-state index in [9.17, 15) is 13.2 Å². The first kappa shape index (κ1) is 16.6. The minimum Gasteiger partial charge on any atom is -0.489 e. The first-order valence-electron chi connectivity index (χ1n) is 7.80. The van der Waals surface area contributed by atoms with Gasteiger partial charge in [-0.1, -0.05) is 24.3 Å². The van der Waals surface area contributed by atoms with E-state index in [1.807, 2.05) is 36.4 Å². The van der Waals surface area contributed by atoms with Crippen molar-refractivity contribution in [3.05, 3.63) is 77.1 Å². The Kier molecular flexibility index (Phi) is 4.90. The van der Waals surface area contributed by atoms with Crippen molar-refractivity contribution in [3.63, 3.8) is 0 Å². The van der Waals surface area contributed by atoms with Gasteiger partial charge in [0.15, 0.2) is 11.6 Å². The third-order valence-electron chi connectivity index (χ3n) is 4.28. The maximum atomic E-state index is 13.9. The molecule has 0 amide bonds. The third-order valence-corrected chi connectivity index (χ3v) is 4.28. The van der Waals surface area contributed by atoms with Crippen molar-refractivity contribution in [2.24, 2.45) is 5.73 Å². The van der Waals surface area contributed by atoms with Crippen molar-refractivity contribution in [2.75, 3.05) is 6.61 Å². The number of rotatable bonds is 4. The molecule has 0 spiro atoms. The summed E-state index contributed by atoms with van der Waals surface area (Å²) in [6.45, 7) is 0.407. The molecule has 0 saturated heterocycles. The number of benzene rings is 2. The van der Waals surface area contributed by atoms with Gasteiger partial charge in [-0.25, -0.2) is 13.2 Å². The van der Waals surface area contributed by atoms with E-state index in [0.717, 1.165) is 17.4 Å². The highest BCUT2D eigenvalue weighted by Gasteiger charge is 2.27. The summed E-state index contributed by atoms with van der Waals surface area (Å²) in [4.78, 5) is 0. The first-order chi connectivity index (χ1) is 11.5. The van der Waals surface area contributed by atoms with E-state index < -0.39 is 17.5 Å². The summed E-state index contributed by atoms with van der Waals surface area (Å²) in [5.74, 6) is -2.61. The molecule has 0 saturated carbocycles. The number of allylic oxidation sites excluding steroid dienone is 1. The lowest BCUT2D eigenvalue weighted by molar-refractivity contribution is 0.335. The van der Waals surface area contributed by atoms with Crippen LogP contribution in [0.15, 0.2) is 54.1 Å². The Balaban J connectivity index is 1.70. The number of halogens is 3. The van der Waals surface area contributed by atoms with Crippen molar-refractivity contribution >= 4 is 0 Å². The van der Waals surface area contributed by atoms with E-state index in [2.05, 4.69) is 0 Å². The minimum absolute atomic E-state index is 0.126. The fraction of sp³-hybridized carbons (Fsp3) is 0.263. The van der Waals surface area contributed by atoms with E-state index in [-0.39, 0.29) is 17.5 Å². The van der Waals surface area contributed by atoms with Gasteiger partial charge in [0, 0.05) is 18.0 Å². The minimum atomic E-state index is -1.19. The second-order valence-electron chi connectivity index (χ2n) is 5.96. The molecule has 2 atom stereocenters. The fourth-order valence-electron chi connectivity index (χ4n) is 2.99. The van der Waals surface area contributed by atoms with Crippen LogP contribution >= 0.6 is 0 Å². The molecular weight excluding hydrogens is 315 g/mol. The predicted molar refractivity (Wildman–Crippen MR) is 86.3 cm³/mol. The molecule has 0 heterocycles. The third kappa shape index (κ3) is 3.62. The standard InChI is InChI=1S/C19H18F3NO/c20-16-10-18(22)17(21)9-15(16)14-7-6-12(8-19(14)23)11-24-13-4-2-1-3-5-13/h1-6,9-10,14,19H,7-8,11,23H2/t14-,19+/m0/s1. The SMILES string of the molecule is N[C@@H]1CC(COc2ccccc2)=CC[C@H]1c1cc(F)c(F)cc1F. The summed E-state index contributed by atoms with van der Waals surface area (Å²) in [6, 6.07) is 10.5. The molecule has 0 aliphatic heterocycles. The lowest BCUT2D eigenvalue weighted by Crippen LogP contribution is -2.33. The van der Waals surface area contributed by atoms with Gasteiger partial charge in [-0.05, 0) is 42.2 Å².